The topological polar surface area (TPSA) is 54.0 Å². The molecular formula is C20H17F2N3O. The first-order valence-electron chi connectivity index (χ1n) is 8.00. The number of halogens is 2. The molecule has 0 fully saturated rings. The fourth-order valence-corrected chi connectivity index (χ4v) is 2.42. The van der Waals surface area contributed by atoms with Gasteiger partial charge >= 0.3 is 0 Å². The highest BCUT2D eigenvalue weighted by molar-refractivity contribution is 6.03. The van der Waals surface area contributed by atoms with E-state index in [-0.39, 0.29) is 17.3 Å². The lowest BCUT2D eigenvalue weighted by molar-refractivity contribution is 0.102. The van der Waals surface area contributed by atoms with E-state index in [9.17, 15) is 13.6 Å². The average Bonchev–Trinajstić information content (AvgIpc) is 2.62. The third-order valence-corrected chi connectivity index (χ3v) is 4.06. The van der Waals surface area contributed by atoms with Crippen LogP contribution in [0.4, 0.5) is 25.8 Å². The van der Waals surface area contributed by atoms with Crippen molar-refractivity contribution in [2.45, 2.75) is 13.8 Å². The number of nitrogens with zero attached hydrogens (tertiary/aromatic N) is 1. The summed E-state index contributed by atoms with van der Waals surface area (Å²) in [6.07, 6.45) is 1.42. The molecule has 0 saturated carbocycles. The minimum atomic E-state index is -0.707. The van der Waals surface area contributed by atoms with Gasteiger partial charge < -0.3 is 10.6 Å². The van der Waals surface area contributed by atoms with Gasteiger partial charge in [-0.15, -0.1) is 0 Å². The van der Waals surface area contributed by atoms with Crippen molar-refractivity contribution < 1.29 is 13.6 Å². The van der Waals surface area contributed by atoms with Gasteiger partial charge in [0.2, 0.25) is 0 Å². The Morgan fingerprint density at radius 1 is 1.00 bits per heavy atom. The molecule has 0 radical (unpaired) electrons. The molecular weight excluding hydrogens is 336 g/mol. The number of carbonyl (C=O) groups is 1. The number of benzene rings is 2. The Morgan fingerprint density at radius 2 is 1.81 bits per heavy atom. The highest BCUT2D eigenvalue weighted by Crippen LogP contribution is 2.21. The zero-order valence-corrected chi connectivity index (χ0v) is 14.3. The molecule has 0 bridgehead atoms. The van der Waals surface area contributed by atoms with Crippen molar-refractivity contribution in [2.24, 2.45) is 0 Å². The lowest BCUT2D eigenvalue weighted by Crippen LogP contribution is -2.14. The van der Waals surface area contributed by atoms with Crippen LogP contribution in [-0.2, 0) is 0 Å². The van der Waals surface area contributed by atoms with Crippen molar-refractivity contribution in [1.82, 2.24) is 4.98 Å². The fourth-order valence-electron chi connectivity index (χ4n) is 2.42. The Hall–Kier alpha value is -3.28. The molecule has 2 N–H and O–H groups in total. The van der Waals surface area contributed by atoms with Crippen LogP contribution in [0.5, 0.6) is 0 Å². The van der Waals surface area contributed by atoms with Gasteiger partial charge in [0.15, 0.2) is 0 Å². The molecule has 1 aromatic heterocycles. The Morgan fingerprint density at radius 3 is 2.50 bits per heavy atom. The predicted molar refractivity (Wildman–Crippen MR) is 97.7 cm³/mol. The van der Waals surface area contributed by atoms with Crippen molar-refractivity contribution in [2.75, 3.05) is 10.6 Å². The zero-order valence-electron chi connectivity index (χ0n) is 14.3. The molecule has 0 atom stereocenters. The van der Waals surface area contributed by atoms with Crippen molar-refractivity contribution >= 4 is 23.0 Å². The molecule has 1 heterocycles. The molecule has 0 aliphatic rings. The maximum absolute atomic E-state index is 13.7. The molecule has 0 unspecified atom stereocenters. The number of hydrogen-bond donors (Lipinski definition) is 2. The summed E-state index contributed by atoms with van der Waals surface area (Å²) in [5, 5.41) is 5.62. The summed E-state index contributed by atoms with van der Waals surface area (Å²) < 4.78 is 26.6. The number of hydrogen-bond acceptors (Lipinski definition) is 3. The largest absolute Gasteiger partial charge is 0.352 e. The van der Waals surface area contributed by atoms with Gasteiger partial charge in [-0.3, -0.25) is 4.79 Å². The Kier molecular flexibility index (Phi) is 4.93. The van der Waals surface area contributed by atoms with Gasteiger partial charge in [-0.2, -0.15) is 0 Å². The van der Waals surface area contributed by atoms with Gasteiger partial charge in [0, 0.05) is 11.8 Å². The van der Waals surface area contributed by atoms with Gasteiger partial charge in [0.1, 0.15) is 17.3 Å². The molecule has 0 aliphatic carbocycles. The monoisotopic (exact) mass is 353 g/mol. The average molecular weight is 353 g/mol. The lowest BCUT2D eigenvalue weighted by Gasteiger charge is -2.11. The van der Waals surface area contributed by atoms with Gasteiger partial charge in [-0.1, -0.05) is 12.1 Å². The number of nitrogens with one attached hydrogen (secondary N) is 2. The third kappa shape index (κ3) is 3.85. The Balaban J connectivity index is 1.72. The summed E-state index contributed by atoms with van der Waals surface area (Å²) in [7, 11) is 0. The van der Waals surface area contributed by atoms with E-state index in [1.54, 1.807) is 6.07 Å². The molecule has 0 spiro atoms. The molecule has 4 nitrogen and oxygen atoms in total. The van der Waals surface area contributed by atoms with Gasteiger partial charge in [0.25, 0.3) is 5.91 Å². The molecule has 6 heteroatoms. The second-order valence-corrected chi connectivity index (χ2v) is 5.88. The van der Waals surface area contributed by atoms with Gasteiger partial charge in [0.05, 0.1) is 17.6 Å². The second-order valence-electron chi connectivity index (χ2n) is 5.88. The highest BCUT2D eigenvalue weighted by Gasteiger charge is 2.10. The summed E-state index contributed by atoms with van der Waals surface area (Å²) in [5.41, 5.74) is 3.64. The Bertz CT molecular complexity index is 956. The number of carbonyl (C=O) groups excluding carboxylic acids is 1. The van der Waals surface area contributed by atoms with Crippen LogP contribution in [0, 0.1) is 25.5 Å². The SMILES string of the molecule is Cc1cccc(NC(=O)c2ccc(Nc3ccc(F)cc3F)cn2)c1C. The maximum atomic E-state index is 13.7. The summed E-state index contributed by atoms with van der Waals surface area (Å²) in [6.45, 7) is 3.90. The van der Waals surface area contributed by atoms with E-state index in [1.165, 1.54) is 18.3 Å². The van der Waals surface area contributed by atoms with E-state index in [1.807, 2.05) is 32.0 Å². The molecule has 3 rings (SSSR count). The normalized spacial score (nSPS) is 10.5. The van der Waals surface area contributed by atoms with Gasteiger partial charge in [-0.05, 0) is 55.3 Å². The summed E-state index contributed by atoms with van der Waals surface area (Å²) in [4.78, 5) is 16.4. The van der Waals surface area contributed by atoms with Crippen molar-refractivity contribution in [1.29, 1.82) is 0 Å². The summed E-state index contributed by atoms with van der Waals surface area (Å²) in [5.74, 6) is -1.69. The smallest absolute Gasteiger partial charge is 0.274 e. The predicted octanol–water partition coefficient (Wildman–Crippen LogP) is 4.97. The first-order chi connectivity index (χ1) is 12.4. The number of anilines is 3. The van der Waals surface area contributed by atoms with Crippen molar-refractivity contribution in [3.05, 3.63) is 83.2 Å². The first kappa shape index (κ1) is 17.5. The van der Waals surface area contributed by atoms with Crippen molar-refractivity contribution in [3.63, 3.8) is 0 Å². The maximum Gasteiger partial charge on any atom is 0.274 e. The van der Waals surface area contributed by atoms with E-state index >= 15 is 0 Å². The van der Waals surface area contributed by atoms with Crippen molar-refractivity contribution in [3.8, 4) is 0 Å². The first-order valence-corrected chi connectivity index (χ1v) is 8.00. The number of aryl methyl sites for hydroxylation is 1. The van der Waals surface area contributed by atoms with Gasteiger partial charge in [-0.25, -0.2) is 13.8 Å². The molecule has 0 aliphatic heterocycles. The standard InChI is InChI=1S/C20H17F2N3O/c1-12-4-3-5-17(13(12)2)25-20(26)19-9-7-15(11-23-19)24-18-8-6-14(21)10-16(18)22/h3-11,24H,1-2H3,(H,25,26). The molecule has 0 saturated heterocycles. The number of aromatic nitrogens is 1. The summed E-state index contributed by atoms with van der Waals surface area (Å²) in [6, 6.07) is 12.1. The van der Waals surface area contributed by atoms with Crippen LogP contribution in [0.15, 0.2) is 54.7 Å². The second kappa shape index (κ2) is 7.31. The lowest BCUT2D eigenvalue weighted by atomic mass is 10.1. The Labute approximate surface area is 149 Å². The molecule has 132 valence electrons. The fraction of sp³-hybridized carbons (Fsp3) is 0.100. The van der Waals surface area contributed by atoms with E-state index in [4.69, 9.17) is 0 Å². The van der Waals surface area contributed by atoms with Crippen LogP contribution < -0.4 is 10.6 Å². The van der Waals surface area contributed by atoms with Crippen LogP contribution in [0.25, 0.3) is 0 Å². The molecule has 26 heavy (non-hydrogen) atoms. The third-order valence-electron chi connectivity index (χ3n) is 4.06. The van der Waals surface area contributed by atoms with Crippen LogP contribution >= 0.6 is 0 Å². The summed E-state index contributed by atoms with van der Waals surface area (Å²) >= 11 is 0. The van der Waals surface area contributed by atoms with Crippen LogP contribution in [0.3, 0.4) is 0 Å². The number of rotatable bonds is 4. The van der Waals surface area contributed by atoms with E-state index in [0.29, 0.717) is 5.69 Å². The quantitative estimate of drug-likeness (QED) is 0.696. The number of amides is 1. The van der Waals surface area contributed by atoms with E-state index in [2.05, 4.69) is 15.6 Å². The minimum absolute atomic E-state index is 0.126. The number of pyridine rings is 1. The van der Waals surface area contributed by atoms with Crippen LogP contribution in [-0.4, -0.2) is 10.9 Å². The molecule has 3 aromatic rings. The minimum Gasteiger partial charge on any atom is -0.352 e. The zero-order chi connectivity index (χ0) is 18.7. The van der Waals surface area contributed by atoms with Crippen LogP contribution in [0.2, 0.25) is 0 Å². The van der Waals surface area contributed by atoms with E-state index < -0.39 is 11.6 Å². The molecule has 1 amide bonds. The van der Waals surface area contributed by atoms with Crippen LogP contribution in [0.1, 0.15) is 21.6 Å². The molecule has 2 aromatic carbocycles. The highest BCUT2D eigenvalue weighted by atomic mass is 19.1. The van der Waals surface area contributed by atoms with E-state index in [0.717, 1.165) is 28.9 Å².